The lowest BCUT2D eigenvalue weighted by Gasteiger charge is -2.06. The Balaban J connectivity index is 1.66. The van der Waals surface area contributed by atoms with Gasteiger partial charge in [0, 0.05) is 14.6 Å². The average Bonchev–Trinajstić information content (AvgIpc) is 2.55. The summed E-state index contributed by atoms with van der Waals surface area (Å²) in [4.78, 5) is 20.5. The van der Waals surface area contributed by atoms with Gasteiger partial charge < -0.3 is 5.32 Å². The number of benzene rings is 2. The normalized spacial score (nSPS) is 10.6. The van der Waals surface area contributed by atoms with E-state index in [4.69, 9.17) is 0 Å². The Morgan fingerprint density at radius 3 is 2.68 bits per heavy atom. The fraction of sp³-hybridized carbons (Fsp3) is 0.0625. The number of hydrogen-bond donors (Lipinski definition) is 1. The number of amides is 1. The monoisotopic (exact) mass is 421 g/mol. The SMILES string of the molecule is O=C(CSc1ncnc2ccccc12)Nc1ccc(I)cc1. The van der Waals surface area contributed by atoms with E-state index in [9.17, 15) is 4.79 Å². The predicted octanol–water partition coefficient (Wildman–Crippen LogP) is 3.97. The van der Waals surface area contributed by atoms with Crippen molar-refractivity contribution in [2.75, 3.05) is 11.1 Å². The number of anilines is 1. The van der Waals surface area contributed by atoms with Gasteiger partial charge >= 0.3 is 0 Å². The summed E-state index contributed by atoms with van der Waals surface area (Å²) in [5, 5.41) is 4.67. The van der Waals surface area contributed by atoms with Gasteiger partial charge in [-0.3, -0.25) is 4.79 Å². The Kier molecular flexibility index (Phi) is 4.89. The molecule has 0 bridgehead atoms. The molecule has 0 spiro atoms. The number of nitrogens with zero attached hydrogens (tertiary/aromatic N) is 2. The number of hydrogen-bond acceptors (Lipinski definition) is 4. The lowest BCUT2D eigenvalue weighted by Crippen LogP contribution is -2.14. The Hall–Kier alpha value is -1.67. The van der Waals surface area contributed by atoms with Gasteiger partial charge in [0.05, 0.1) is 11.3 Å². The first-order chi connectivity index (χ1) is 10.7. The molecule has 0 saturated heterocycles. The van der Waals surface area contributed by atoms with Crippen LogP contribution < -0.4 is 5.32 Å². The lowest BCUT2D eigenvalue weighted by atomic mass is 10.2. The summed E-state index contributed by atoms with van der Waals surface area (Å²) in [7, 11) is 0. The molecule has 0 fully saturated rings. The minimum atomic E-state index is -0.0473. The summed E-state index contributed by atoms with van der Waals surface area (Å²) in [5.41, 5.74) is 1.69. The van der Waals surface area contributed by atoms with Crippen molar-refractivity contribution >= 4 is 56.9 Å². The van der Waals surface area contributed by atoms with Crippen molar-refractivity contribution in [3.63, 3.8) is 0 Å². The van der Waals surface area contributed by atoms with Gasteiger partial charge in [0.15, 0.2) is 0 Å². The second-order valence-corrected chi connectivity index (χ2v) is 6.75. The number of para-hydroxylation sites is 1. The molecule has 1 amide bonds. The van der Waals surface area contributed by atoms with Crippen molar-refractivity contribution in [2.24, 2.45) is 0 Å². The second kappa shape index (κ2) is 7.06. The number of rotatable bonds is 4. The molecular formula is C16H12IN3OS. The van der Waals surface area contributed by atoms with Crippen molar-refractivity contribution in [2.45, 2.75) is 5.03 Å². The van der Waals surface area contributed by atoms with Crippen LogP contribution in [0.2, 0.25) is 0 Å². The Labute approximate surface area is 145 Å². The van der Waals surface area contributed by atoms with Crippen LogP contribution in [0.15, 0.2) is 59.9 Å². The highest BCUT2D eigenvalue weighted by Crippen LogP contribution is 2.24. The molecule has 3 aromatic rings. The van der Waals surface area contributed by atoms with Crippen molar-refractivity contribution in [3.8, 4) is 0 Å². The maximum Gasteiger partial charge on any atom is 0.234 e. The van der Waals surface area contributed by atoms with Crippen LogP contribution in [0.3, 0.4) is 0 Å². The van der Waals surface area contributed by atoms with Crippen molar-refractivity contribution in [1.29, 1.82) is 0 Å². The van der Waals surface area contributed by atoms with Crippen LogP contribution in [0, 0.1) is 3.57 Å². The standard InChI is InChI=1S/C16H12IN3OS/c17-11-5-7-12(8-6-11)20-15(21)9-22-16-13-3-1-2-4-14(13)18-10-19-16/h1-8,10H,9H2,(H,20,21). The van der Waals surface area contributed by atoms with Crippen molar-refractivity contribution in [1.82, 2.24) is 9.97 Å². The highest BCUT2D eigenvalue weighted by Gasteiger charge is 2.08. The van der Waals surface area contributed by atoms with Gasteiger partial charge in [-0.2, -0.15) is 0 Å². The first-order valence-corrected chi connectivity index (χ1v) is 8.67. The molecular weight excluding hydrogens is 409 g/mol. The predicted molar refractivity (Wildman–Crippen MR) is 98.1 cm³/mol. The smallest absolute Gasteiger partial charge is 0.234 e. The van der Waals surface area contributed by atoms with E-state index in [1.54, 1.807) is 0 Å². The summed E-state index contributed by atoms with van der Waals surface area (Å²) < 4.78 is 1.14. The van der Waals surface area contributed by atoms with Gasteiger partial charge in [0.1, 0.15) is 11.4 Å². The van der Waals surface area contributed by atoms with E-state index in [2.05, 4.69) is 37.9 Å². The zero-order valence-electron chi connectivity index (χ0n) is 11.5. The molecule has 0 atom stereocenters. The van der Waals surface area contributed by atoms with Crippen LogP contribution in [0.4, 0.5) is 5.69 Å². The summed E-state index contributed by atoms with van der Waals surface area (Å²) in [6.45, 7) is 0. The maximum atomic E-state index is 12.0. The summed E-state index contributed by atoms with van der Waals surface area (Å²) in [5.74, 6) is 0.265. The average molecular weight is 421 g/mol. The first kappa shape index (κ1) is 15.2. The third-order valence-corrected chi connectivity index (χ3v) is 4.70. The third kappa shape index (κ3) is 3.75. The molecule has 0 aliphatic carbocycles. The lowest BCUT2D eigenvalue weighted by molar-refractivity contribution is -0.113. The fourth-order valence-electron chi connectivity index (χ4n) is 1.96. The molecule has 0 unspecified atom stereocenters. The number of halogens is 1. The van der Waals surface area contributed by atoms with Crippen LogP contribution in [0.25, 0.3) is 10.9 Å². The maximum absolute atomic E-state index is 12.0. The summed E-state index contributed by atoms with van der Waals surface area (Å²) in [6.07, 6.45) is 1.53. The number of carbonyl (C=O) groups excluding carboxylic acids is 1. The van der Waals surface area contributed by atoms with E-state index in [1.807, 2.05) is 48.5 Å². The van der Waals surface area contributed by atoms with Gasteiger partial charge in [-0.25, -0.2) is 9.97 Å². The van der Waals surface area contributed by atoms with Crippen LogP contribution >= 0.6 is 34.4 Å². The fourth-order valence-corrected chi connectivity index (χ4v) is 3.11. The quantitative estimate of drug-likeness (QED) is 0.394. The van der Waals surface area contributed by atoms with E-state index in [0.717, 1.165) is 25.2 Å². The number of nitrogens with one attached hydrogen (secondary N) is 1. The Morgan fingerprint density at radius 2 is 1.86 bits per heavy atom. The van der Waals surface area contributed by atoms with E-state index in [0.29, 0.717) is 5.75 Å². The molecule has 3 rings (SSSR count). The number of fused-ring (bicyclic) bond motifs is 1. The summed E-state index contributed by atoms with van der Waals surface area (Å²) in [6, 6.07) is 15.5. The van der Waals surface area contributed by atoms with Gasteiger partial charge in [0.2, 0.25) is 5.91 Å². The molecule has 4 nitrogen and oxygen atoms in total. The van der Waals surface area contributed by atoms with E-state index < -0.39 is 0 Å². The minimum absolute atomic E-state index is 0.0473. The van der Waals surface area contributed by atoms with Crippen LogP contribution in [0.1, 0.15) is 0 Å². The van der Waals surface area contributed by atoms with E-state index in [-0.39, 0.29) is 5.91 Å². The Morgan fingerprint density at radius 1 is 1.09 bits per heavy atom. The minimum Gasteiger partial charge on any atom is -0.325 e. The third-order valence-electron chi connectivity index (χ3n) is 2.97. The molecule has 0 aliphatic rings. The van der Waals surface area contributed by atoms with Crippen LogP contribution in [-0.4, -0.2) is 21.6 Å². The highest BCUT2D eigenvalue weighted by molar-refractivity contribution is 14.1. The highest BCUT2D eigenvalue weighted by atomic mass is 127. The van der Waals surface area contributed by atoms with Gasteiger partial charge in [0.25, 0.3) is 0 Å². The molecule has 110 valence electrons. The van der Waals surface area contributed by atoms with Gasteiger partial charge in [-0.05, 0) is 52.9 Å². The zero-order valence-corrected chi connectivity index (χ0v) is 14.5. The van der Waals surface area contributed by atoms with Crippen molar-refractivity contribution < 1.29 is 4.79 Å². The molecule has 22 heavy (non-hydrogen) atoms. The summed E-state index contributed by atoms with van der Waals surface area (Å²) >= 11 is 3.65. The van der Waals surface area contributed by atoms with Crippen LogP contribution in [0.5, 0.6) is 0 Å². The van der Waals surface area contributed by atoms with Crippen molar-refractivity contribution in [3.05, 3.63) is 58.4 Å². The molecule has 6 heteroatoms. The molecule has 0 saturated carbocycles. The molecule has 0 aliphatic heterocycles. The molecule has 1 N–H and O–H groups in total. The number of carbonyl (C=O) groups is 1. The molecule has 1 aromatic heterocycles. The second-order valence-electron chi connectivity index (χ2n) is 4.54. The van der Waals surface area contributed by atoms with E-state index in [1.165, 1.54) is 18.1 Å². The first-order valence-electron chi connectivity index (χ1n) is 6.60. The molecule has 1 heterocycles. The van der Waals surface area contributed by atoms with Crippen LogP contribution in [-0.2, 0) is 4.79 Å². The number of aromatic nitrogens is 2. The topological polar surface area (TPSA) is 54.9 Å². The molecule has 0 radical (unpaired) electrons. The zero-order chi connectivity index (χ0) is 15.4. The van der Waals surface area contributed by atoms with Gasteiger partial charge in [-0.1, -0.05) is 30.0 Å². The Bertz CT molecular complexity index is 803. The largest absolute Gasteiger partial charge is 0.325 e. The molecule has 2 aromatic carbocycles. The van der Waals surface area contributed by atoms with E-state index >= 15 is 0 Å². The van der Waals surface area contributed by atoms with Gasteiger partial charge in [-0.15, -0.1) is 0 Å². The number of thioether (sulfide) groups is 1.